The molecular formula is C11H19N3O. The molecule has 0 bridgehead atoms. The van der Waals surface area contributed by atoms with Crippen LogP contribution in [0.5, 0.6) is 5.75 Å². The van der Waals surface area contributed by atoms with Gasteiger partial charge in [0.1, 0.15) is 0 Å². The van der Waals surface area contributed by atoms with E-state index < -0.39 is 0 Å². The third-order valence-corrected chi connectivity index (χ3v) is 1.81. The van der Waals surface area contributed by atoms with Gasteiger partial charge in [-0.15, -0.1) is 0 Å². The third-order valence-electron chi connectivity index (χ3n) is 1.81. The first-order valence-electron chi connectivity index (χ1n) is 5.29. The summed E-state index contributed by atoms with van der Waals surface area (Å²) in [5.74, 6) is 1.59. The molecule has 0 saturated carbocycles. The zero-order chi connectivity index (χ0) is 11.1. The molecule has 0 aliphatic rings. The van der Waals surface area contributed by atoms with Crippen LogP contribution in [0.1, 0.15) is 20.3 Å². The molecule has 4 heteroatoms. The predicted octanol–water partition coefficient (Wildman–Crippen LogP) is 1.63. The SMILES string of the molecule is CC(C)Oc1cccnc1NCCCN. The lowest BCUT2D eigenvalue weighted by atomic mass is 10.3. The van der Waals surface area contributed by atoms with Gasteiger partial charge in [0.15, 0.2) is 11.6 Å². The van der Waals surface area contributed by atoms with E-state index in [9.17, 15) is 0 Å². The molecule has 1 aromatic heterocycles. The summed E-state index contributed by atoms with van der Waals surface area (Å²) in [6.07, 6.45) is 2.83. The van der Waals surface area contributed by atoms with E-state index >= 15 is 0 Å². The van der Waals surface area contributed by atoms with E-state index in [4.69, 9.17) is 10.5 Å². The van der Waals surface area contributed by atoms with Gasteiger partial charge in [-0.2, -0.15) is 0 Å². The monoisotopic (exact) mass is 209 g/mol. The molecule has 0 unspecified atom stereocenters. The van der Waals surface area contributed by atoms with Crippen molar-refractivity contribution in [2.75, 3.05) is 18.4 Å². The number of anilines is 1. The average Bonchev–Trinajstić information content (AvgIpc) is 2.20. The van der Waals surface area contributed by atoms with Crippen molar-refractivity contribution in [3.63, 3.8) is 0 Å². The van der Waals surface area contributed by atoms with Crippen molar-refractivity contribution in [3.8, 4) is 5.75 Å². The molecule has 0 aromatic carbocycles. The first kappa shape index (κ1) is 11.8. The summed E-state index contributed by atoms with van der Waals surface area (Å²) < 4.78 is 5.62. The van der Waals surface area contributed by atoms with E-state index in [-0.39, 0.29) is 6.10 Å². The molecule has 0 fully saturated rings. The molecule has 1 heterocycles. The van der Waals surface area contributed by atoms with Gasteiger partial charge in [0.25, 0.3) is 0 Å². The lowest BCUT2D eigenvalue weighted by molar-refractivity contribution is 0.243. The molecule has 0 aliphatic heterocycles. The molecule has 84 valence electrons. The maximum absolute atomic E-state index is 5.62. The number of pyridine rings is 1. The maximum Gasteiger partial charge on any atom is 0.168 e. The number of nitrogens with one attached hydrogen (secondary N) is 1. The van der Waals surface area contributed by atoms with Gasteiger partial charge in [-0.25, -0.2) is 4.98 Å². The number of nitrogens with two attached hydrogens (primary N) is 1. The van der Waals surface area contributed by atoms with E-state index in [1.54, 1.807) is 6.20 Å². The highest BCUT2D eigenvalue weighted by Gasteiger charge is 2.04. The van der Waals surface area contributed by atoms with Crippen LogP contribution >= 0.6 is 0 Å². The fraction of sp³-hybridized carbons (Fsp3) is 0.545. The van der Waals surface area contributed by atoms with Crippen LogP contribution in [0.4, 0.5) is 5.82 Å². The highest BCUT2D eigenvalue weighted by atomic mass is 16.5. The second-order valence-electron chi connectivity index (χ2n) is 3.59. The summed E-state index contributed by atoms with van der Waals surface area (Å²) >= 11 is 0. The Morgan fingerprint density at radius 2 is 2.33 bits per heavy atom. The van der Waals surface area contributed by atoms with E-state index in [0.29, 0.717) is 6.54 Å². The van der Waals surface area contributed by atoms with Gasteiger partial charge in [0, 0.05) is 12.7 Å². The molecular weight excluding hydrogens is 190 g/mol. The van der Waals surface area contributed by atoms with Gasteiger partial charge < -0.3 is 15.8 Å². The quantitative estimate of drug-likeness (QED) is 0.699. The highest BCUT2D eigenvalue weighted by molar-refractivity contribution is 5.49. The van der Waals surface area contributed by atoms with E-state index in [2.05, 4.69) is 10.3 Å². The smallest absolute Gasteiger partial charge is 0.168 e. The van der Waals surface area contributed by atoms with Crippen molar-refractivity contribution in [2.24, 2.45) is 5.73 Å². The van der Waals surface area contributed by atoms with E-state index in [0.717, 1.165) is 24.5 Å². The van der Waals surface area contributed by atoms with Gasteiger partial charge in [-0.3, -0.25) is 0 Å². The molecule has 0 aliphatic carbocycles. The van der Waals surface area contributed by atoms with Crippen molar-refractivity contribution in [2.45, 2.75) is 26.4 Å². The summed E-state index contributed by atoms with van der Waals surface area (Å²) in [5.41, 5.74) is 5.42. The Morgan fingerprint density at radius 1 is 1.53 bits per heavy atom. The fourth-order valence-corrected chi connectivity index (χ4v) is 1.18. The van der Waals surface area contributed by atoms with Crippen LogP contribution in [0.25, 0.3) is 0 Å². The molecule has 0 saturated heterocycles. The molecule has 4 nitrogen and oxygen atoms in total. The number of nitrogens with zero attached hydrogens (tertiary/aromatic N) is 1. The Balaban J connectivity index is 2.60. The Morgan fingerprint density at radius 3 is 3.00 bits per heavy atom. The normalized spacial score (nSPS) is 10.4. The minimum absolute atomic E-state index is 0.157. The van der Waals surface area contributed by atoms with E-state index in [1.807, 2.05) is 26.0 Å². The van der Waals surface area contributed by atoms with Gasteiger partial charge in [-0.05, 0) is 38.9 Å². The number of aromatic nitrogens is 1. The van der Waals surface area contributed by atoms with Crippen LogP contribution in [0.3, 0.4) is 0 Å². The van der Waals surface area contributed by atoms with Crippen molar-refractivity contribution in [1.29, 1.82) is 0 Å². The van der Waals surface area contributed by atoms with E-state index in [1.165, 1.54) is 0 Å². The molecule has 0 spiro atoms. The lowest BCUT2D eigenvalue weighted by Crippen LogP contribution is -2.12. The molecule has 1 aromatic rings. The Labute approximate surface area is 90.8 Å². The standard InChI is InChI=1S/C11H19N3O/c1-9(2)15-10-5-3-7-13-11(10)14-8-4-6-12/h3,5,7,9H,4,6,8,12H2,1-2H3,(H,13,14). The van der Waals surface area contributed by atoms with Crippen LogP contribution < -0.4 is 15.8 Å². The number of hydrogen-bond donors (Lipinski definition) is 2. The molecule has 0 amide bonds. The predicted molar refractivity (Wildman–Crippen MR) is 62.2 cm³/mol. The Hall–Kier alpha value is -1.29. The van der Waals surface area contributed by atoms with Crippen LogP contribution in [0.15, 0.2) is 18.3 Å². The zero-order valence-electron chi connectivity index (χ0n) is 9.36. The minimum Gasteiger partial charge on any atom is -0.487 e. The molecule has 3 N–H and O–H groups in total. The topological polar surface area (TPSA) is 60.2 Å². The second-order valence-corrected chi connectivity index (χ2v) is 3.59. The van der Waals surface area contributed by atoms with Crippen LogP contribution in [-0.2, 0) is 0 Å². The lowest BCUT2D eigenvalue weighted by Gasteiger charge is -2.13. The number of rotatable bonds is 6. The Bertz CT molecular complexity index is 289. The molecule has 1 rings (SSSR count). The number of hydrogen-bond acceptors (Lipinski definition) is 4. The fourth-order valence-electron chi connectivity index (χ4n) is 1.18. The van der Waals surface area contributed by atoms with Crippen molar-refractivity contribution < 1.29 is 4.74 Å². The summed E-state index contributed by atoms with van der Waals surface area (Å²) in [7, 11) is 0. The van der Waals surface area contributed by atoms with Crippen molar-refractivity contribution in [1.82, 2.24) is 4.98 Å². The zero-order valence-corrected chi connectivity index (χ0v) is 9.36. The third kappa shape index (κ3) is 4.16. The average molecular weight is 209 g/mol. The van der Waals surface area contributed by atoms with Gasteiger partial charge in [-0.1, -0.05) is 0 Å². The first-order chi connectivity index (χ1) is 7.24. The van der Waals surface area contributed by atoms with Gasteiger partial charge in [0.2, 0.25) is 0 Å². The maximum atomic E-state index is 5.62. The number of ether oxygens (including phenoxy) is 1. The van der Waals surface area contributed by atoms with Crippen molar-refractivity contribution >= 4 is 5.82 Å². The van der Waals surface area contributed by atoms with Crippen LogP contribution in [0, 0.1) is 0 Å². The minimum atomic E-state index is 0.157. The summed E-state index contributed by atoms with van der Waals surface area (Å²) in [6.45, 7) is 5.50. The van der Waals surface area contributed by atoms with Crippen molar-refractivity contribution in [3.05, 3.63) is 18.3 Å². The van der Waals surface area contributed by atoms with Gasteiger partial charge in [0.05, 0.1) is 6.10 Å². The second kappa shape index (κ2) is 6.24. The van der Waals surface area contributed by atoms with Crippen LogP contribution in [-0.4, -0.2) is 24.2 Å². The first-order valence-corrected chi connectivity index (χ1v) is 5.29. The molecule has 0 radical (unpaired) electrons. The summed E-state index contributed by atoms with van der Waals surface area (Å²) in [6, 6.07) is 3.78. The van der Waals surface area contributed by atoms with Gasteiger partial charge >= 0.3 is 0 Å². The molecule has 15 heavy (non-hydrogen) atoms. The molecule has 0 atom stereocenters. The Kier molecular flexibility index (Phi) is 4.90. The largest absolute Gasteiger partial charge is 0.487 e. The van der Waals surface area contributed by atoms with Crippen LogP contribution in [0.2, 0.25) is 0 Å². The summed E-state index contributed by atoms with van der Waals surface area (Å²) in [5, 5.41) is 3.20. The summed E-state index contributed by atoms with van der Waals surface area (Å²) in [4.78, 5) is 4.23. The highest BCUT2D eigenvalue weighted by Crippen LogP contribution is 2.21.